The van der Waals surface area contributed by atoms with Crippen LogP contribution in [0.4, 0.5) is 4.79 Å². The van der Waals surface area contributed by atoms with E-state index in [0.29, 0.717) is 31.4 Å². The summed E-state index contributed by atoms with van der Waals surface area (Å²) in [5.74, 6) is -5.76. The predicted molar refractivity (Wildman–Crippen MR) is 249 cm³/mol. The largest absolute Gasteiger partial charge is 0.457 e. The Bertz CT molecular complexity index is 2170. The van der Waals surface area contributed by atoms with E-state index >= 15 is 4.79 Å². The summed E-state index contributed by atoms with van der Waals surface area (Å²) in [6.45, 7) is 15.1. The summed E-state index contributed by atoms with van der Waals surface area (Å²) >= 11 is 0. The number of cyclic esters (lactones) is 1. The Morgan fingerprint density at radius 3 is 2.30 bits per heavy atom. The Balaban J connectivity index is 1.31. The number of aryl methyl sites for hydroxylation is 1. The molecule has 3 aliphatic heterocycles. The van der Waals surface area contributed by atoms with Crippen LogP contribution in [0, 0.1) is 23.7 Å². The number of aromatic nitrogens is 3. The highest BCUT2D eigenvalue weighted by Gasteiger charge is 2.62. The van der Waals surface area contributed by atoms with E-state index in [1.165, 1.54) is 14.0 Å². The molecule has 0 spiro atoms. The third kappa shape index (κ3) is 11.0. The maximum atomic E-state index is 15.1. The van der Waals surface area contributed by atoms with E-state index < -0.39 is 89.3 Å². The van der Waals surface area contributed by atoms with Gasteiger partial charge in [-0.3, -0.25) is 19.4 Å². The van der Waals surface area contributed by atoms with E-state index in [1.54, 1.807) is 61.7 Å². The van der Waals surface area contributed by atoms with Crippen molar-refractivity contribution >= 4 is 29.6 Å². The molecule has 1 amide bonds. The van der Waals surface area contributed by atoms with Gasteiger partial charge in [-0.15, -0.1) is 0 Å². The summed E-state index contributed by atoms with van der Waals surface area (Å²) < 4.78 is 40.6. The van der Waals surface area contributed by atoms with Crippen LogP contribution >= 0.6 is 0 Å². The molecule has 67 heavy (non-hydrogen) atoms. The Morgan fingerprint density at radius 1 is 0.940 bits per heavy atom. The standard InChI is InChI=1S/C51H71N5O11/c1-12-40-51(13-2)44(56(49(61)67-51)25-18-17-24-55-29-38(53-30-55)37-22-19-23-52-28-37)33(5)41(57)31(3)27-50(8,62-11)45(34(6)42(58)35(7)46(59)64-40)66-48-43(39(54(9)10)26-32(4)63-48)65-47(60)36-20-15-14-16-21-36/h14-16,19-23,28-35,39-40,43-45,48H,12-13,17-18,24-27H2,1-11H3/t31-,32-,33+,34+,35-,39+,40-,43-,44-,45-,48?,50-,51-/m1/s1. The van der Waals surface area contributed by atoms with Crippen molar-refractivity contribution in [3.05, 3.63) is 72.9 Å². The van der Waals surface area contributed by atoms with Crippen molar-refractivity contribution in [3.8, 4) is 11.3 Å². The van der Waals surface area contributed by atoms with Gasteiger partial charge in [-0.05, 0) is 97.7 Å². The van der Waals surface area contributed by atoms with Gasteiger partial charge in [0, 0.05) is 62.1 Å². The highest BCUT2D eigenvalue weighted by atomic mass is 16.7. The lowest BCUT2D eigenvalue weighted by atomic mass is 9.72. The molecular formula is C51H71N5O11. The van der Waals surface area contributed by atoms with Crippen LogP contribution in [-0.4, -0.2) is 136 Å². The number of nitrogens with zero attached hydrogens (tertiary/aromatic N) is 5. The SMILES string of the molecule is CC[C@H]1OC(=O)[C@H](C)C(=O)[C@H](C)[C@@H](OC2O[C@H](C)C[C@H](N(C)C)[C@H]2OC(=O)c2ccccc2)[C@](C)(OC)C[C@@H](C)C(=O)[C@H](C)[C@H]2N(CCCCn3cnc(-c4cccnc4)c3)C(=O)O[C@]12CC. The van der Waals surface area contributed by atoms with E-state index in [4.69, 9.17) is 28.4 Å². The summed E-state index contributed by atoms with van der Waals surface area (Å²) in [5.41, 5.74) is -0.665. The maximum absolute atomic E-state index is 15.1. The number of pyridine rings is 1. The summed E-state index contributed by atoms with van der Waals surface area (Å²) in [4.78, 5) is 84.2. The maximum Gasteiger partial charge on any atom is 0.410 e. The molecule has 366 valence electrons. The van der Waals surface area contributed by atoms with Gasteiger partial charge in [0.15, 0.2) is 23.8 Å². The molecule has 0 bridgehead atoms. The Labute approximate surface area is 395 Å². The first-order valence-electron chi connectivity index (χ1n) is 23.9. The number of unbranched alkanes of at least 4 members (excludes halogenated alkanes) is 1. The zero-order valence-electron chi connectivity index (χ0n) is 41.1. The quantitative estimate of drug-likeness (QED) is 0.0687. The second-order valence-corrected chi connectivity index (χ2v) is 19.2. The third-order valence-corrected chi connectivity index (χ3v) is 14.4. The van der Waals surface area contributed by atoms with Crippen LogP contribution in [0.15, 0.2) is 67.4 Å². The van der Waals surface area contributed by atoms with Crippen molar-refractivity contribution in [1.29, 1.82) is 0 Å². The fourth-order valence-corrected chi connectivity index (χ4v) is 10.6. The average Bonchev–Trinajstić information content (AvgIpc) is 3.92. The molecule has 5 heterocycles. The molecule has 3 aliphatic rings. The molecule has 1 aromatic carbocycles. The first kappa shape index (κ1) is 51.4. The summed E-state index contributed by atoms with van der Waals surface area (Å²) in [6.07, 6.45) is 4.46. The number of fused-ring (bicyclic) bond motifs is 1. The van der Waals surface area contributed by atoms with Crippen LogP contribution < -0.4 is 0 Å². The van der Waals surface area contributed by atoms with Gasteiger partial charge in [-0.1, -0.05) is 52.8 Å². The normalized spacial score (nSPS) is 33.2. The molecule has 2 aromatic heterocycles. The lowest BCUT2D eigenvalue weighted by Crippen LogP contribution is -2.61. The number of ketones is 2. The number of rotatable bonds is 14. The van der Waals surface area contributed by atoms with Gasteiger partial charge in [0.25, 0.3) is 0 Å². The Hall–Kier alpha value is -5.03. The number of hydrogen-bond donors (Lipinski definition) is 0. The van der Waals surface area contributed by atoms with Crippen LogP contribution in [0.3, 0.4) is 0 Å². The zero-order chi connectivity index (χ0) is 48.8. The van der Waals surface area contributed by atoms with Crippen molar-refractivity contribution in [1.82, 2.24) is 24.3 Å². The number of Topliss-reactive ketones (excluding diaryl/α,β-unsaturated/α-hetero) is 2. The second kappa shape index (κ2) is 21.9. The zero-order valence-corrected chi connectivity index (χ0v) is 41.1. The highest BCUT2D eigenvalue weighted by Crippen LogP contribution is 2.45. The minimum Gasteiger partial charge on any atom is -0.457 e. The molecule has 16 heteroatoms. The molecule has 0 N–H and O–H groups in total. The van der Waals surface area contributed by atoms with E-state index in [0.717, 1.165) is 11.3 Å². The summed E-state index contributed by atoms with van der Waals surface area (Å²) in [7, 11) is 5.28. The van der Waals surface area contributed by atoms with Crippen molar-refractivity contribution in [3.63, 3.8) is 0 Å². The number of imidazole rings is 1. The first-order chi connectivity index (χ1) is 31.9. The molecule has 0 aliphatic carbocycles. The molecule has 0 radical (unpaired) electrons. The van der Waals surface area contributed by atoms with Gasteiger partial charge >= 0.3 is 18.0 Å². The fraction of sp³-hybridized carbons (Fsp3) is 0.627. The van der Waals surface area contributed by atoms with Crippen LogP contribution in [0.1, 0.15) is 104 Å². The molecule has 1 unspecified atom stereocenters. The van der Waals surface area contributed by atoms with E-state index in [2.05, 4.69) is 9.97 Å². The van der Waals surface area contributed by atoms with Gasteiger partial charge in [-0.25, -0.2) is 14.6 Å². The van der Waals surface area contributed by atoms with Crippen molar-refractivity contribution < 1.29 is 52.4 Å². The first-order valence-corrected chi connectivity index (χ1v) is 23.9. The van der Waals surface area contributed by atoms with Crippen molar-refractivity contribution in [2.24, 2.45) is 23.7 Å². The highest BCUT2D eigenvalue weighted by molar-refractivity contribution is 6.00. The van der Waals surface area contributed by atoms with Crippen molar-refractivity contribution in [2.75, 3.05) is 27.7 Å². The molecule has 3 saturated heterocycles. The van der Waals surface area contributed by atoms with E-state index in [1.807, 2.05) is 82.6 Å². The summed E-state index contributed by atoms with van der Waals surface area (Å²) in [6, 6.07) is 11.3. The smallest absolute Gasteiger partial charge is 0.410 e. The second-order valence-electron chi connectivity index (χ2n) is 19.2. The lowest BCUT2D eigenvalue weighted by molar-refractivity contribution is -0.294. The number of ether oxygens (including phenoxy) is 6. The minimum atomic E-state index is -1.39. The molecule has 3 aromatic rings. The van der Waals surface area contributed by atoms with Crippen LogP contribution in [0.25, 0.3) is 11.3 Å². The number of esters is 2. The topological polar surface area (TPSA) is 178 Å². The van der Waals surface area contributed by atoms with E-state index in [9.17, 15) is 19.2 Å². The van der Waals surface area contributed by atoms with Gasteiger partial charge in [0.2, 0.25) is 0 Å². The van der Waals surface area contributed by atoms with Crippen LogP contribution in [-0.2, 0) is 49.3 Å². The van der Waals surface area contributed by atoms with Gasteiger partial charge in [0.1, 0.15) is 17.8 Å². The molecule has 0 saturated carbocycles. The molecule has 3 fully saturated rings. The average molecular weight is 930 g/mol. The molecular weight excluding hydrogens is 859 g/mol. The Morgan fingerprint density at radius 2 is 1.66 bits per heavy atom. The van der Waals surface area contributed by atoms with Gasteiger partial charge in [0.05, 0.1) is 47.5 Å². The minimum absolute atomic E-state index is 0.0887. The van der Waals surface area contributed by atoms with Gasteiger partial charge in [-0.2, -0.15) is 0 Å². The molecule has 6 rings (SSSR count). The van der Waals surface area contributed by atoms with Crippen LogP contribution in [0.2, 0.25) is 0 Å². The third-order valence-electron chi connectivity index (χ3n) is 14.4. The number of amides is 1. The molecule has 16 nitrogen and oxygen atoms in total. The predicted octanol–water partition coefficient (Wildman–Crippen LogP) is 7.18. The van der Waals surface area contributed by atoms with Gasteiger partial charge < -0.3 is 42.8 Å². The fourth-order valence-electron chi connectivity index (χ4n) is 10.6. The number of likely N-dealkylation sites (N-methyl/N-ethyl adjacent to an activating group) is 1. The monoisotopic (exact) mass is 930 g/mol. The summed E-state index contributed by atoms with van der Waals surface area (Å²) in [5, 5.41) is 0. The van der Waals surface area contributed by atoms with Crippen molar-refractivity contribution in [2.45, 2.75) is 154 Å². The number of benzene rings is 1. The number of carbonyl (C=O) groups is 5. The lowest BCUT2D eigenvalue weighted by Gasteiger charge is -2.48. The van der Waals surface area contributed by atoms with Crippen LogP contribution in [0.5, 0.6) is 0 Å². The number of methoxy groups -OCH3 is 1. The Kier molecular flexibility index (Phi) is 16.8. The number of hydrogen-bond acceptors (Lipinski definition) is 14. The van der Waals surface area contributed by atoms with E-state index in [-0.39, 0.29) is 43.7 Å². The molecule has 13 atom stereocenters. The number of carbonyl (C=O) groups excluding carboxylic acids is 5.